The fourth-order valence-electron chi connectivity index (χ4n) is 2.80. The molecule has 2 rings (SSSR count). The van der Waals surface area contributed by atoms with Crippen LogP contribution in [0.3, 0.4) is 0 Å². The molecule has 0 saturated heterocycles. The van der Waals surface area contributed by atoms with E-state index in [0.29, 0.717) is 0 Å². The first-order valence-electron chi connectivity index (χ1n) is 5.94. The lowest BCUT2D eigenvalue weighted by atomic mass is 9.90. The van der Waals surface area contributed by atoms with E-state index in [-0.39, 0.29) is 17.0 Å². The first-order chi connectivity index (χ1) is 7.72. The van der Waals surface area contributed by atoms with E-state index in [0.717, 1.165) is 5.69 Å². The van der Waals surface area contributed by atoms with Crippen molar-refractivity contribution < 1.29 is 4.79 Å². The topological polar surface area (TPSA) is 41.1 Å². The van der Waals surface area contributed by atoms with Crippen LogP contribution in [0.2, 0.25) is 0 Å². The zero-order valence-electron chi connectivity index (χ0n) is 11.1. The van der Waals surface area contributed by atoms with Gasteiger partial charge in [-0.25, -0.2) is 0 Å². The van der Waals surface area contributed by atoms with Crippen LogP contribution in [0.1, 0.15) is 45.7 Å². The molecule has 0 aliphatic carbocycles. The minimum atomic E-state index is -0.0622. The Bertz CT molecular complexity index is 475. The molecule has 17 heavy (non-hydrogen) atoms. The molecule has 1 heterocycles. The van der Waals surface area contributed by atoms with Crippen molar-refractivity contribution in [3.8, 4) is 0 Å². The lowest BCUT2D eigenvalue weighted by molar-refractivity contribution is -0.114. The van der Waals surface area contributed by atoms with E-state index < -0.39 is 0 Å². The standard InChI is InChI=1S/C14H20N2O/c1-9(17)15-10-6-7-11-12(8-10)14(4,5)16-13(11,2)3/h6-8,16H,1-5H3,(H,15,17). The molecule has 1 amide bonds. The molecule has 3 nitrogen and oxygen atoms in total. The molecule has 1 aromatic carbocycles. The van der Waals surface area contributed by atoms with Gasteiger partial charge in [0.05, 0.1) is 0 Å². The zero-order chi connectivity index (χ0) is 12.8. The van der Waals surface area contributed by atoms with Crippen LogP contribution >= 0.6 is 0 Å². The van der Waals surface area contributed by atoms with Crippen LogP contribution in [0.4, 0.5) is 5.69 Å². The zero-order valence-corrected chi connectivity index (χ0v) is 11.1. The highest BCUT2D eigenvalue weighted by Gasteiger charge is 2.40. The van der Waals surface area contributed by atoms with Gasteiger partial charge in [-0.15, -0.1) is 0 Å². The van der Waals surface area contributed by atoms with Gasteiger partial charge in [-0.1, -0.05) is 6.07 Å². The quantitative estimate of drug-likeness (QED) is 0.781. The molecule has 0 bridgehead atoms. The minimum Gasteiger partial charge on any atom is -0.326 e. The van der Waals surface area contributed by atoms with E-state index in [1.807, 2.05) is 6.07 Å². The van der Waals surface area contributed by atoms with Crippen molar-refractivity contribution in [2.75, 3.05) is 5.32 Å². The summed E-state index contributed by atoms with van der Waals surface area (Å²) in [7, 11) is 0. The van der Waals surface area contributed by atoms with Gasteiger partial charge in [0.2, 0.25) is 5.91 Å². The summed E-state index contributed by atoms with van der Waals surface area (Å²) in [5.41, 5.74) is 3.34. The lowest BCUT2D eigenvalue weighted by Gasteiger charge is -2.25. The fraction of sp³-hybridized carbons (Fsp3) is 0.500. The monoisotopic (exact) mass is 232 g/mol. The molecule has 0 aromatic heterocycles. The van der Waals surface area contributed by atoms with Crippen molar-refractivity contribution in [2.45, 2.75) is 45.7 Å². The summed E-state index contributed by atoms with van der Waals surface area (Å²) in [6.45, 7) is 10.2. The molecule has 0 spiro atoms. The van der Waals surface area contributed by atoms with Crippen LogP contribution in [0.25, 0.3) is 0 Å². The lowest BCUT2D eigenvalue weighted by Crippen LogP contribution is -2.39. The molecule has 3 heteroatoms. The number of carbonyl (C=O) groups is 1. The smallest absolute Gasteiger partial charge is 0.221 e. The Morgan fingerprint density at radius 2 is 1.71 bits per heavy atom. The van der Waals surface area contributed by atoms with Crippen molar-refractivity contribution in [3.63, 3.8) is 0 Å². The number of benzene rings is 1. The molecule has 0 atom stereocenters. The largest absolute Gasteiger partial charge is 0.326 e. The summed E-state index contributed by atoms with van der Waals surface area (Å²) in [4.78, 5) is 11.1. The third kappa shape index (κ3) is 2.07. The van der Waals surface area contributed by atoms with Crippen LogP contribution in [0, 0.1) is 0 Å². The van der Waals surface area contributed by atoms with Gasteiger partial charge >= 0.3 is 0 Å². The van der Waals surface area contributed by atoms with E-state index in [9.17, 15) is 4.79 Å². The van der Waals surface area contributed by atoms with Crippen molar-refractivity contribution in [3.05, 3.63) is 29.3 Å². The number of rotatable bonds is 1. The molecule has 1 aliphatic rings. The Morgan fingerprint density at radius 1 is 1.12 bits per heavy atom. The summed E-state index contributed by atoms with van der Waals surface area (Å²) in [5, 5.41) is 6.44. The third-order valence-corrected chi connectivity index (χ3v) is 3.31. The van der Waals surface area contributed by atoms with E-state index in [1.165, 1.54) is 18.1 Å². The van der Waals surface area contributed by atoms with Gasteiger partial charge in [-0.3, -0.25) is 10.1 Å². The summed E-state index contributed by atoms with van der Waals surface area (Å²) < 4.78 is 0. The Balaban J connectivity index is 2.49. The number of hydrogen-bond acceptors (Lipinski definition) is 2. The van der Waals surface area contributed by atoms with Crippen molar-refractivity contribution in [2.24, 2.45) is 0 Å². The maximum Gasteiger partial charge on any atom is 0.221 e. The van der Waals surface area contributed by atoms with Crippen molar-refractivity contribution in [1.82, 2.24) is 5.32 Å². The maximum absolute atomic E-state index is 11.1. The predicted octanol–water partition coefficient (Wildman–Crippen LogP) is 2.72. The number of hydrogen-bond donors (Lipinski definition) is 2. The Hall–Kier alpha value is -1.35. The first kappa shape index (κ1) is 12.1. The Kier molecular flexibility index (Phi) is 2.54. The van der Waals surface area contributed by atoms with Gasteiger partial charge in [0.15, 0.2) is 0 Å². The molecule has 2 N–H and O–H groups in total. The highest BCUT2D eigenvalue weighted by Crippen LogP contribution is 2.41. The predicted molar refractivity (Wildman–Crippen MR) is 69.9 cm³/mol. The SMILES string of the molecule is CC(=O)Nc1ccc2c(c1)C(C)(C)NC2(C)C. The Labute approximate surface area is 103 Å². The Morgan fingerprint density at radius 3 is 2.29 bits per heavy atom. The third-order valence-electron chi connectivity index (χ3n) is 3.31. The summed E-state index contributed by atoms with van der Waals surface area (Å²) >= 11 is 0. The van der Waals surface area contributed by atoms with E-state index >= 15 is 0 Å². The average molecular weight is 232 g/mol. The first-order valence-corrected chi connectivity index (χ1v) is 5.94. The molecule has 0 fully saturated rings. The highest BCUT2D eigenvalue weighted by atomic mass is 16.1. The fourth-order valence-corrected chi connectivity index (χ4v) is 2.80. The second-order valence-corrected chi connectivity index (χ2v) is 5.82. The van der Waals surface area contributed by atoms with E-state index in [1.54, 1.807) is 0 Å². The number of nitrogens with one attached hydrogen (secondary N) is 2. The van der Waals surface area contributed by atoms with Crippen LogP contribution in [0.5, 0.6) is 0 Å². The van der Waals surface area contributed by atoms with E-state index in [4.69, 9.17) is 0 Å². The molecule has 0 unspecified atom stereocenters. The second kappa shape index (κ2) is 3.57. The maximum atomic E-state index is 11.1. The molecular formula is C14H20N2O. The molecule has 1 aliphatic heterocycles. The second-order valence-electron chi connectivity index (χ2n) is 5.82. The number of fused-ring (bicyclic) bond motifs is 1. The number of anilines is 1. The van der Waals surface area contributed by atoms with Crippen LogP contribution < -0.4 is 10.6 Å². The number of carbonyl (C=O) groups excluding carboxylic acids is 1. The van der Waals surface area contributed by atoms with Gasteiger partial charge in [-0.05, 0) is 51.0 Å². The minimum absolute atomic E-state index is 0.0203. The van der Waals surface area contributed by atoms with Gasteiger partial charge in [-0.2, -0.15) is 0 Å². The van der Waals surface area contributed by atoms with Crippen LogP contribution in [-0.4, -0.2) is 5.91 Å². The summed E-state index contributed by atoms with van der Waals surface area (Å²) in [6.07, 6.45) is 0. The van der Waals surface area contributed by atoms with Gasteiger partial charge < -0.3 is 5.32 Å². The molecular weight excluding hydrogens is 212 g/mol. The van der Waals surface area contributed by atoms with Gasteiger partial charge in [0, 0.05) is 23.7 Å². The van der Waals surface area contributed by atoms with Crippen LogP contribution in [0.15, 0.2) is 18.2 Å². The molecule has 0 radical (unpaired) electrons. The van der Waals surface area contributed by atoms with Gasteiger partial charge in [0.25, 0.3) is 0 Å². The summed E-state index contributed by atoms with van der Waals surface area (Å²) in [6, 6.07) is 6.13. The van der Waals surface area contributed by atoms with Crippen molar-refractivity contribution in [1.29, 1.82) is 0 Å². The highest BCUT2D eigenvalue weighted by molar-refractivity contribution is 5.88. The summed E-state index contributed by atoms with van der Waals surface area (Å²) in [5.74, 6) is -0.0343. The molecule has 92 valence electrons. The normalized spacial score (nSPS) is 19.8. The van der Waals surface area contributed by atoms with Crippen LogP contribution in [-0.2, 0) is 15.9 Å². The van der Waals surface area contributed by atoms with Gasteiger partial charge in [0.1, 0.15) is 0 Å². The molecule has 1 aromatic rings. The van der Waals surface area contributed by atoms with E-state index in [2.05, 4.69) is 50.5 Å². The average Bonchev–Trinajstić information content (AvgIpc) is 2.31. The molecule has 0 saturated carbocycles. The number of amides is 1. The van der Waals surface area contributed by atoms with Crippen molar-refractivity contribution >= 4 is 11.6 Å².